The molecule has 1 aliphatic rings. The molecule has 5 heteroatoms. The van der Waals surface area contributed by atoms with Crippen LogP contribution in [0.25, 0.3) is 0 Å². The first-order valence-corrected chi connectivity index (χ1v) is 8.23. The number of carbonyl (C=O) groups is 1. The summed E-state index contributed by atoms with van der Waals surface area (Å²) in [5.74, 6) is 0.631. The van der Waals surface area contributed by atoms with Crippen molar-refractivity contribution in [2.45, 2.75) is 32.1 Å². The Morgan fingerprint density at radius 1 is 1.29 bits per heavy atom. The summed E-state index contributed by atoms with van der Waals surface area (Å²) >= 11 is 12.1. The lowest BCUT2D eigenvalue weighted by molar-refractivity contribution is -0.127. The van der Waals surface area contributed by atoms with Crippen LogP contribution < -0.4 is 10.6 Å². The monoisotopic (exact) mass is 328 g/mol. The lowest BCUT2D eigenvalue weighted by Crippen LogP contribution is -2.51. The molecule has 1 aromatic carbocycles. The summed E-state index contributed by atoms with van der Waals surface area (Å²) in [4.78, 5) is 12.8. The highest BCUT2D eigenvalue weighted by atomic mass is 35.5. The maximum Gasteiger partial charge on any atom is 0.230 e. The molecule has 0 atom stereocenters. The molecule has 0 saturated carbocycles. The molecule has 0 aliphatic carbocycles. The molecule has 0 aromatic heterocycles. The van der Waals surface area contributed by atoms with Gasteiger partial charge in [0.1, 0.15) is 0 Å². The van der Waals surface area contributed by atoms with E-state index in [-0.39, 0.29) is 5.91 Å². The lowest BCUT2D eigenvalue weighted by Gasteiger charge is -2.33. The van der Waals surface area contributed by atoms with Gasteiger partial charge in [-0.3, -0.25) is 4.79 Å². The number of hydrogen-bond acceptors (Lipinski definition) is 2. The van der Waals surface area contributed by atoms with Gasteiger partial charge in [0.05, 0.1) is 15.5 Å². The van der Waals surface area contributed by atoms with Crippen LogP contribution in [0.2, 0.25) is 10.0 Å². The number of halogens is 2. The van der Waals surface area contributed by atoms with Gasteiger partial charge in [-0.05, 0) is 30.5 Å². The van der Waals surface area contributed by atoms with E-state index in [4.69, 9.17) is 23.2 Å². The predicted octanol–water partition coefficient (Wildman–Crippen LogP) is 3.39. The molecular formula is C16H22Cl2N2O. The quantitative estimate of drug-likeness (QED) is 0.840. The SMILES string of the molecule is CCC(CC)(C(=O)NCC1CNC1)c1ccc(Cl)c(Cl)c1. The van der Waals surface area contributed by atoms with E-state index in [1.54, 1.807) is 6.07 Å². The Morgan fingerprint density at radius 2 is 1.95 bits per heavy atom. The maximum atomic E-state index is 12.8. The van der Waals surface area contributed by atoms with Gasteiger partial charge in [0, 0.05) is 25.6 Å². The van der Waals surface area contributed by atoms with E-state index < -0.39 is 5.41 Å². The van der Waals surface area contributed by atoms with Crippen molar-refractivity contribution < 1.29 is 4.79 Å². The second-order valence-electron chi connectivity index (χ2n) is 5.65. The Hall–Kier alpha value is -0.770. The van der Waals surface area contributed by atoms with Crippen molar-refractivity contribution in [3.05, 3.63) is 33.8 Å². The van der Waals surface area contributed by atoms with Gasteiger partial charge in [-0.15, -0.1) is 0 Å². The van der Waals surface area contributed by atoms with Crippen molar-refractivity contribution in [2.75, 3.05) is 19.6 Å². The summed E-state index contributed by atoms with van der Waals surface area (Å²) in [7, 11) is 0. The second kappa shape index (κ2) is 6.99. The van der Waals surface area contributed by atoms with E-state index in [1.807, 2.05) is 26.0 Å². The molecule has 1 saturated heterocycles. The normalized spacial score (nSPS) is 15.6. The molecule has 2 N–H and O–H groups in total. The molecule has 2 rings (SSSR count). The van der Waals surface area contributed by atoms with Gasteiger partial charge < -0.3 is 10.6 Å². The highest BCUT2D eigenvalue weighted by Gasteiger charge is 2.37. The minimum absolute atomic E-state index is 0.0813. The van der Waals surface area contributed by atoms with Gasteiger partial charge in [-0.25, -0.2) is 0 Å². The van der Waals surface area contributed by atoms with Crippen molar-refractivity contribution in [3.8, 4) is 0 Å². The number of hydrogen-bond donors (Lipinski definition) is 2. The summed E-state index contributed by atoms with van der Waals surface area (Å²) in [6.45, 7) is 6.78. The van der Waals surface area contributed by atoms with E-state index in [0.29, 0.717) is 16.0 Å². The van der Waals surface area contributed by atoms with Crippen LogP contribution in [-0.2, 0) is 10.2 Å². The zero-order valence-corrected chi connectivity index (χ0v) is 14.0. The summed E-state index contributed by atoms with van der Waals surface area (Å²) in [5, 5.41) is 7.33. The molecule has 3 nitrogen and oxygen atoms in total. The van der Waals surface area contributed by atoms with E-state index in [1.165, 1.54) is 0 Å². The van der Waals surface area contributed by atoms with Crippen LogP contribution in [0.1, 0.15) is 32.3 Å². The van der Waals surface area contributed by atoms with Crippen LogP contribution in [0.15, 0.2) is 18.2 Å². The third-order valence-corrected chi connectivity index (χ3v) is 5.27. The molecule has 0 bridgehead atoms. The van der Waals surface area contributed by atoms with Crippen LogP contribution >= 0.6 is 23.2 Å². The van der Waals surface area contributed by atoms with Crippen LogP contribution in [0.5, 0.6) is 0 Å². The lowest BCUT2D eigenvalue weighted by atomic mass is 9.75. The molecule has 0 radical (unpaired) electrons. The second-order valence-corrected chi connectivity index (χ2v) is 6.47. The molecule has 1 aromatic rings. The summed E-state index contributed by atoms with van der Waals surface area (Å²) in [6, 6.07) is 5.50. The van der Waals surface area contributed by atoms with E-state index in [2.05, 4.69) is 10.6 Å². The minimum Gasteiger partial charge on any atom is -0.355 e. The first kappa shape index (κ1) is 16.6. The van der Waals surface area contributed by atoms with E-state index in [0.717, 1.165) is 38.0 Å². The largest absolute Gasteiger partial charge is 0.355 e. The molecule has 1 fully saturated rings. The van der Waals surface area contributed by atoms with Gasteiger partial charge in [-0.2, -0.15) is 0 Å². The fraction of sp³-hybridized carbons (Fsp3) is 0.562. The Kier molecular flexibility index (Phi) is 5.53. The molecular weight excluding hydrogens is 307 g/mol. The zero-order chi connectivity index (χ0) is 15.5. The Balaban J connectivity index is 2.20. The van der Waals surface area contributed by atoms with Crippen molar-refractivity contribution in [3.63, 3.8) is 0 Å². The molecule has 1 aliphatic heterocycles. The molecule has 116 valence electrons. The first-order chi connectivity index (χ1) is 10.0. The summed E-state index contributed by atoms with van der Waals surface area (Å²) < 4.78 is 0. The fourth-order valence-electron chi connectivity index (χ4n) is 2.80. The molecule has 1 heterocycles. The average molecular weight is 329 g/mol. The third-order valence-electron chi connectivity index (χ3n) is 4.53. The van der Waals surface area contributed by atoms with Crippen molar-refractivity contribution in [1.82, 2.24) is 10.6 Å². The van der Waals surface area contributed by atoms with E-state index in [9.17, 15) is 4.79 Å². The van der Waals surface area contributed by atoms with Crippen LogP contribution in [0.4, 0.5) is 0 Å². The Morgan fingerprint density at radius 3 is 2.43 bits per heavy atom. The van der Waals surface area contributed by atoms with Gasteiger partial charge >= 0.3 is 0 Å². The first-order valence-electron chi connectivity index (χ1n) is 7.48. The highest BCUT2D eigenvalue weighted by molar-refractivity contribution is 6.42. The fourth-order valence-corrected chi connectivity index (χ4v) is 3.10. The molecule has 0 unspecified atom stereocenters. The van der Waals surface area contributed by atoms with Crippen molar-refractivity contribution >= 4 is 29.1 Å². The number of benzene rings is 1. The highest BCUT2D eigenvalue weighted by Crippen LogP contribution is 2.35. The van der Waals surface area contributed by atoms with Crippen molar-refractivity contribution in [1.29, 1.82) is 0 Å². The topological polar surface area (TPSA) is 41.1 Å². The zero-order valence-electron chi connectivity index (χ0n) is 12.5. The van der Waals surface area contributed by atoms with Crippen LogP contribution in [0.3, 0.4) is 0 Å². The number of rotatable bonds is 6. The number of carbonyl (C=O) groups excluding carboxylic acids is 1. The third kappa shape index (κ3) is 3.36. The maximum absolute atomic E-state index is 12.8. The van der Waals surface area contributed by atoms with Crippen LogP contribution in [0, 0.1) is 5.92 Å². The van der Waals surface area contributed by atoms with Gasteiger partial charge in [0.15, 0.2) is 0 Å². The average Bonchev–Trinajstić information content (AvgIpc) is 2.43. The number of nitrogens with one attached hydrogen (secondary N) is 2. The predicted molar refractivity (Wildman–Crippen MR) is 88.1 cm³/mol. The standard InChI is InChI=1S/C16H22Cl2N2O/c1-3-16(4-2,12-5-6-13(17)14(18)7-12)15(21)20-10-11-8-19-9-11/h5-7,11,19H,3-4,8-10H2,1-2H3,(H,20,21). The van der Waals surface area contributed by atoms with Gasteiger partial charge in [0.25, 0.3) is 0 Å². The van der Waals surface area contributed by atoms with Gasteiger partial charge in [0.2, 0.25) is 5.91 Å². The van der Waals surface area contributed by atoms with Crippen molar-refractivity contribution in [2.24, 2.45) is 5.92 Å². The molecule has 0 spiro atoms. The van der Waals surface area contributed by atoms with Gasteiger partial charge in [-0.1, -0.05) is 43.1 Å². The summed E-state index contributed by atoms with van der Waals surface area (Å²) in [6.07, 6.45) is 1.46. The minimum atomic E-state index is -0.536. The van der Waals surface area contributed by atoms with E-state index >= 15 is 0 Å². The molecule has 1 amide bonds. The summed E-state index contributed by atoms with van der Waals surface area (Å²) in [5.41, 5.74) is 0.400. The molecule has 21 heavy (non-hydrogen) atoms. The smallest absolute Gasteiger partial charge is 0.230 e. The number of amides is 1. The Labute approximate surface area is 136 Å². The Bertz CT molecular complexity index is 511. The van der Waals surface area contributed by atoms with Crippen LogP contribution in [-0.4, -0.2) is 25.5 Å².